The highest BCUT2D eigenvalue weighted by Crippen LogP contribution is 2.22. The second kappa shape index (κ2) is 9.61. The molecule has 7 heteroatoms. The molecule has 1 saturated heterocycles. The smallest absolute Gasteiger partial charge is 0.269 e. The molecule has 162 valence electrons. The first-order chi connectivity index (χ1) is 14.8. The van der Waals surface area contributed by atoms with Gasteiger partial charge in [0.2, 0.25) is 5.91 Å². The van der Waals surface area contributed by atoms with Gasteiger partial charge in [0.05, 0.1) is 0 Å². The summed E-state index contributed by atoms with van der Waals surface area (Å²) in [7, 11) is 0. The van der Waals surface area contributed by atoms with E-state index in [0.29, 0.717) is 22.5 Å². The van der Waals surface area contributed by atoms with E-state index in [0.717, 1.165) is 32.2 Å². The van der Waals surface area contributed by atoms with E-state index in [9.17, 15) is 19.6 Å². The van der Waals surface area contributed by atoms with Crippen LogP contribution in [0.25, 0.3) is 0 Å². The summed E-state index contributed by atoms with van der Waals surface area (Å²) in [5.41, 5.74) is 1.94. The monoisotopic (exact) mass is 420 g/mol. The third kappa shape index (κ3) is 4.85. The van der Waals surface area contributed by atoms with Gasteiger partial charge in [-0.25, -0.2) is 0 Å². The molecule has 1 aliphatic rings. The highest BCUT2D eigenvalue weighted by Gasteiger charge is 2.26. The topological polar surface area (TPSA) is 95.2 Å². The van der Waals surface area contributed by atoms with Gasteiger partial charge in [-0.15, -0.1) is 0 Å². The summed E-state index contributed by atoms with van der Waals surface area (Å²) >= 11 is 0. The minimum atomic E-state index is -0.469. The lowest BCUT2D eigenvalue weighted by atomic mass is 9.99. The van der Waals surface area contributed by atoms with Crippen molar-refractivity contribution >= 4 is 17.5 Å². The van der Waals surface area contributed by atoms with E-state index in [-0.39, 0.29) is 30.0 Å². The number of anilines is 1. The van der Waals surface area contributed by atoms with Crippen molar-refractivity contribution in [2.75, 3.05) is 11.9 Å². The lowest BCUT2D eigenvalue weighted by molar-refractivity contribution is -0.116. The molecule has 1 aromatic carbocycles. The van der Waals surface area contributed by atoms with Crippen LogP contribution in [0.5, 0.6) is 0 Å². The molecule has 1 fully saturated rings. The summed E-state index contributed by atoms with van der Waals surface area (Å²) in [6, 6.07) is 10.7. The fourth-order valence-electron chi connectivity index (χ4n) is 4.16. The Bertz CT molecular complexity index is 1080. The molecule has 1 aliphatic heterocycles. The van der Waals surface area contributed by atoms with Gasteiger partial charge in [0.15, 0.2) is 0 Å². The number of aryl methyl sites for hydroxylation is 2. The summed E-state index contributed by atoms with van der Waals surface area (Å²) in [5.74, 6) is -0.352. The van der Waals surface area contributed by atoms with Crippen LogP contribution in [0.3, 0.4) is 0 Å². The van der Waals surface area contributed by atoms with Crippen molar-refractivity contribution in [1.82, 2.24) is 9.47 Å². The molecule has 0 unspecified atom stereocenters. The normalized spacial score (nSPS) is 15.9. The number of pyridine rings is 1. The number of hydrogen-bond acceptors (Lipinski definition) is 4. The Morgan fingerprint density at radius 3 is 2.55 bits per heavy atom. The summed E-state index contributed by atoms with van der Waals surface area (Å²) < 4.78 is 1.29. The van der Waals surface area contributed by atoms with Crippen LogP contribution < -0.4 is 10.9 Å². The summed E-state index contributed by atoms with van der Waals surface area (Å²) in [5, 5.41) is 11.9. The first-order valence-electron chi connectivity index (χ1n) is 10.7. The predicted molar refractivity (Wildman–Crippen MR) is 119 cm³/mol. The lowest BCUT2D eigenvalue weighted by Crippen LogP contribution is -2.43. The van der Waals surface area contributed by atoms with Crippen LogP contribution in [0, 0.1) is 25.2 Å². The number of nitriles is 1. The van der Waals surface area contributed by atoms with E-state index in [4.69, 9.17) is 0 Å². The second-order valence-electron chi connectivity index (χ2n) is 8.03. The number of piperidine rings is 1. The minimum absolute atomic E-state index is 0.0234. The Hall–Kier alpha value is -3.40. The molecule has 2 amide bonds. The van der Waals surface area contributed by atoms with Gasteiger partial charge in [-0.2, -0.15) is 5.26 Å². The van der Waals surface area contributed by atoms with Crippen LogP contribution in [0.4, 0.5) is 5.69 Å². The zero-order valence-corrected chi connectivity index (χ0v) is 18.3. The molecule has 31 heavy (non-hydrogen) atoms. The predicted octanol–water partition coefficient (Wildman–Crippen LogP) is 3.38. The van der Waals surface area contributed by atoms with E-state index in [1.54, 1.807) is 44.2 Å². The van der Waals surface area contributed by atoms with E-state index >= 15 is 0 Å². The molecule has 3 rings (SSSR count). The zero-order chi connectivity index (χ0) is 22.5. The molecule has 1 atom stereocenters. The molecule has 1 N–H and O–H groups in total. The highest BCUT2D eigenvalue weighted by molar-refractivity contribution is 5.96. The summed E-state index contributed by atoms with van der Waals surface area (Å²) in [4.78, 5) is 39.8. The van der Waals surface area contributed by atoms with Gasteiger partial charge in [0.1, 0.15) is 18.2 Å². The number of nitrogens with zero attached hydrogens (tertiary/aromatic N) is 3. The number of amides is 2. The van der Waals surface area contributed by atoms with Crippen LogP contribution in [0.1, 0.15) is 59.8 Å². The average molecular weight is 421 g/mol. The first-order valence-corrected chi connectivity index (χ1v) is 10.7. The molecule has 7 nitrogen and oxygen atoms in total. The van der Waals surface area contributed by atoms with Gasteiger partial charge in [-0.1, -0.05) is 6.92 Å². The lowest BCUT2D eigenvalue weighted by Gasteiger charge is -2.35. The molecular weight excluding hydrogens is 392 g/mol. The number of nitrogens with one attached hydrogen (secondary N) is 1. The van der Waals surface area contributed by atoms with E-state index in [1.165, 1.54) is 4.57 Å². The molecule has 2 heterocycles. The molecule has 0 bridgehead atoms. The van der Waals surface area contributed by atoms with Crippen molar-refractivity contribution in [3.8, 4) is 6.07 Å². The van der Waals surface area contributed by atoms with E-state index in [1.807, 2.05) is 11.0 Å². The van der Waals surface area contributed by atoms with E-state index < -0.39 is 5.56 Å². The van der Waals surface area contributed by atoms with Crippen LogP contribution in [-0.4, -0.2) is 33.9 Å². The SMILES string of the molecule is CC[C@@H]1CCCCN1C(=O)c1ccc(NC(=O)Cn2c(C)cc(C)c(C#N)c2=O)cc1. The Kier molecular flexibility index (Phi) is 6.91. The standard InChI is InChI=1S/C24H28N4O3/c1-4-20-7-5-6-12-27(20)23(30)18-8-10-19(11-9-18)26-22(29)15-28-17(3)13-16(2)21(14-25)24(28)31/h8-11,13,20H,4-7,12,15H2,1-3H3,(H,26,29)/t20-/m1/s1. The number of carbonyl (C=O) groups is 2. The van der Waals surface area contributed by atoms with Crippen molar-refractivity contribution in [3.05, 3.63) is 63.1 Å². The molecule has 0 aliphatic carbocycles. The third-order valence-electron chi connectivity index (χ3n) is 5.89. The maximum absolute atomic E-state index is 12.9. The van der Waals surface area contributed by atoms with Gasteiger partial charge in [-0.3, -0.25) is 14.4 Å². The Balaban J connectivity index is 1.69. The molecule has 1 aromatic heterocycles. The number of aromatic nitrogens is 1. The van der Waals surface area contributed by atoms with Gasteiger partial charge < -0.3 is 14.8 Å². The van der Waals surface area contributed by atoms with Gasteiger partial charge >= 0.3 is 0 Å². The molecule has 2 aromatic rings. The fraction of sp³-hybridized carbons (Fsp3) is 0.417. The van der Waals surface area contributed by atoms with Crippen molar-refractivity contribution in [3.63, 3.8) is 0 Å². The second-order valence-corrected chi connectivity index (χ2v) is 8.03. The number of rotatable bonds is 5. The number of carbonyl (C=O) groups excluding carboxylic acids is 2. The van der Waals surface area contributed by atoms with Crippen molar-refractivity contribution in [1.29, 1.82) is 5.26 Å². The quantitative estimate of drug-likeness (QED) is 0.802. The molecule has 0 spiro atoms. The Morgan fingerprint density at radius 1 is 1.19 bits per heavy atom. The van der Waals surface area contributed by atoms with Gasteiger partial charge in [0.25, 0.3) is 11.5 Å². The number of likely N-dealkylation sites (tertiary alicyclic amines) is 1. The van der Waals surface area contributed by atoms with Gasteiger partial charge in [0, 0.05) is 29.5 Å². The van der Waals surface area contributed by atoms with Crippen molar-refractivity contribution in [2.24, 2.45) is 0 Å². The van der Waals surface area contributed by atoms with Crippen molar-refractivity contribution < 1.29 is 9.59 Å². The fourth-order valence-corrected chi connectivity index (χ4v) is 4.16. The molecule has 0 radical (unpaired) electrons. The average Bonchev–Trinajstić information content (AvgIpc) is 2.77. The minimum Gasteiger partial charge on any atom is -0.336 e. The van der Waals surface area contributed by atoms with Crippen LogP contribution in [0.2, 0.25) is 0 Å². The summed E-state index contributed by atoms with van der Waals surface area (Å²) in [6.45, 7) is 6.13. The summed E-state index contributed by atoms with van der Waals surface area (Å²) in [6.07, 6.45) is 4.18. The highest BCUT2D eigenvalue weighted by atomic mass is 16.2. The Morgan fingerprint density at radius 2 is 1.90 bits per heavy atom. The maximum Gasteiger partial charge on any atom is 0.269 e. The van der Waals surface area contributed by atoms with Crippen LogP contribution in [0.15, 0.2) is 35.1 Å². The maximum atomic E-state index is 12.9. The molecular formula is C24H28N4O3. The van der Waals surface area contributed by atoms with Gasteiger partial charge in [-0.05, 0) is 75.4 Å². The third-order valence-corrected chi connectivity index (χ3v) is 5.89. The Labute approximate surface area is 182 Å². The zero-order valence-electron chi connectivity index (χ0n) is 18.3. The molecule has 0 saturated carbocycles. The van der Waals surface area contributed by atoms with Crippen LogP contribution >= 0.6 is 0 Å². The number of hydrogen-bond donors (Lipinski definition) is 1. The first kappa shape index (κ1) is 22.3. The van der Waals surface area contributed by atoms with Crippen molar-refractivity contribution in [2.45, 2.75) is 59.0 Å². The van der Waals surface area contributed by atoms with E-state index in [2.05, 4.69) is 12.2 Å². The van der Waals surface area contributed by atoms with Crippen LogP contribution in [-0.2, 0) is 11.3 Å². The number of benzene rings is 1. The largest absolute Gasteiger partial charge is 0.336 e.